The third kappa shape index (κ3) is 3.20. The van der Waals surface area contributed by atoms with E-state index in [4.69, 9.17) is 0 Å². The second-order valence-electron chi connectivity index (χ2n) is 4.79. The van der Waals surface area contributed by atoms with Gasteiger partial charge in [0.05, 0.1) is 5.69 Å². The van der Waals surface area contributed by atoms with Gasteiger partial charge in [0.15, 0.2) is 0 Å². The molecule has 1 aromatic carbocycles. The van der Waals surface area contributed by atoms with Crippen molar-refractivity contribution in [3.8, 4) is 5.69 Å². The fourth-order valence-corrected chi connectivity index (χ4v) is 2.01. The summed E-state index contributed by atoms with van der Waals surface area (Å²) in [6.45, 7) is 6.98. The lowest BCUT2D eigenvalue weighted by Gasteiger charge is -2.14. The lowest BCUT2D eigenvalue weighted by atomic mass is 10.1. The van der Waals surface area contributed by atoms with Crippen LogP contribution in [0.25, 0.3) is 5.69 Å². The zero-order chi connectivity index (χ0) is 13.8. The van der Waals surface area contributed by atoms with E-state index in [0.717, 1.165) is 24.2 Å². The molecule has 0 fully saturated rings. The SMILES string of the molecule is CCCNC(C)c1ccc(-n2ccc(C)n2)c(F)c1. The van der Waals surface area contributed by atoms with Gasteiger partial charge in [0.2, 0.25) is 0 Å². The van der Waals surface area contributed by atoms with Crippen molar-refractivity contribution < 1.29 is 4.39 Å². The molecule has 0 amide bonds. The lowest BCUT2D eigenvalue weighted by molar-refractivity contribution is 0.559. The highest BCUT2D eigenvalue weighted by molar-refractivity contribution is 5.37. The Bertz CT molecular complexity index is 548. The van der Waals surface area contributed by atoms with Crippen LogP contribution in [0.4, 0.5) is 4.39 Å². The van der Waals surface area contributed by atoms with Crippen LogP contribution in [0, 0.1) is 12.7 Å². The first-order valence-corrected chi connectivity index (χ1v) is 6.67. The fourth-order valence-electron chi connectivity index (χ4n) is 2.01. The van der Waals surface area contributed by atoms with Crippen LogP contribution in [0.15, 0.2) is 30.5 Å². The Kier molecular flexibility index (Phi) is 4.32. The molecule has 1 heterocycles. The van der Waals surface area contributed by atoms with Crippen molar-refractivity contribution >= 4 is 0 Å². The number of hydrogen-bond acceptors (Lipinski definition) is 2. The molecule has 0 bridgehead atoms. The number of halogens is 1. The Balaban J connectivity index is 2.22. The molecule has 0 saturated heterocycles. The maximum Gasteiger partial charge on any atom is 0.149 e. The number of aryl methyl sites for hydroxylation is 1. The molecule has 0 aliphatic rings. The van der Waals surface area contributed by atoms with Crippen molar-refractivity contribution in [2.45, 2.75) is 33.2 Å². The Labute approximate surface area is 113 Å². The zero-order valence-corrected chi connectivity index (χ0v) is 11.7. The van der Waals surface area contributed by atoms with Crippen LogP contribution in [-0.4, -0.2) is 16.3 Å². The summed E-state index contributed by atoms with van der Waals surface area (Å²) >= 11 is 0. The third-order valence-electron chi connectivity index (χ3n) is 3.14. The number of nitrogens with zero attached hydrogens (tertiary/aromatic N) is 2. The lowest BCUT2D eigenvalue weighted by Crippen LogP contribution is -2.19. The van der Waals surface area contributed by atoms with Crippen molar-refractivity contribution in [3.63, 3.8) is 0 Å². The number of aromatic nitrogens is 2. The highest BCUT2D eigenvalue weighted by Crippen LogP contribution is 2.19. The maximum absolute atomic E-state index is 14.1. The molecule has 4 heteroatoms. The van der Waals surface area contributed by atoms with E-state index in [9.17, 15) is 4.39 Å². The van der Waals surface area contributed by atoms with Gasteiger partial charge in [-0.25, -0.2) is 9.07 Å². The average Bonchev–Trinajstić information content (AvgIpc) is 2.82. The van der Waals surface area contributed by atoms with Crippen LogP contribution in [0.1, 0.15) is 37.6 Å². The normalized spacial score (nSPS) is 12.6. The summed E-state index contributed by atoms with van der Waals surface area (Å²) in [7, 11) is 0. The van der Waals surface area contributed by atoms with E-state index >= 15 is 0 Å². The maximum atomic E-state index is 14.1. The highest BCUT2D eigenvalue weighted by Gasteiger charge is 2.10. The molecule has 19 heavy (non-hydrogen) atoms. The smallest absolute Gasteiger partial charge is 0.149 e. The summed E-state index contributed by atoms with van der Waals surface area (Å²) in [6, 6.07) is 7.32. The summed E-state index contributed by atoms with van der Waals surface area (Å²) in [4.78, 5) is 0. The van der Waals surface area contributed by atoms with Crippen molar-refractivity contribution in [2.75, 3.05) is 6.54 Å². The summed E-state index contributed by atoms with van der Waals surface area (Å²) in [5.41, 5.74) is 2.32. The molecule has 102 valence electrons. The molecule has 0 radical (unpaired) electrons. The minimum absolute atomic E-state index is 0.155. The van der Waals surface area contributed by atoms with Gasteiger partial charge in [-0.3, -0.25) is 0 Å². The van der Waals surface area contributed by atoms with Crippen molar-refractivity contribution in [1.29, 1.82) is 0 Å². The molecule has 0 saturated carbocycles. The zero-order valence-electron chi connectivity index (χ0n) is 11.7. The van der Waals surface area contributed by atoms with Crippen molar-refractivity contribution in [3.05, 3.63) is 47.5 Å². The fraction of sp³-hybridized carbons (Fsp3) is 0.400. The second-order valence-corrected chi connectivity index (χ2v) is 4.79. The molecule has 0 aliphatic heterocycles. The van der Waals surface area contributed by atoms with E-state index in [1.165, 1.54) is 0 Å². The van der Waals surface area contributed by atoms with Gasteiger partial charge in [-0.1, -0.05) is 13.0 Å². The molecule has 1 N–H and O–H groups in total. The predicted molar refractivity (Wildman–Crippen MR) is 75.0 cm³/mol. The monoisotopic (exact) mass is 261 g/mol. The van der Waals surface area contributed by atoms with Gasteiger partial charge in [0.1, 0.15) is 11.5 Å². The number of hydrogen-bond donors (Lipinski definition) is 1. The minimum atomic E-state index is -0.245. The summed E-state index contributed by atoms with van der Waals surface area (Å²) in [6.07, 6.45) is 2.84. The van der Waals surface area contributed by atoms with Gasteiger partial charge >= 0.3 is 0 Å². The van der Waals surface area contributed by atoms with Crippen molar-refractivity contribution in [2.24, 2.45) is 0 Å². The quantitative estimate of drug-likeness (QED) is 0.894. The first kappa shape index (κ1) is 13.7. The number of rotatable bonds is 5. The standard InChI is InChI=1S/C15H20FN3/c1-4-8-17-12(3)13-5-6-15(14(16)10-13)19-9-7-11(2)18-19/h5-7,9-10,12,17H,4,8H2,1-3H3. The molecular formula is C15H20FN3. The molecule has 1 aromatic heterocycles. The van der Waals surface area contributed by atoms with E-state index in [1.54, 1.807) is 23.0 Å². The van der Waals surface area contributed by atoms with E-state index in [2.05, 4.69) is 17.3 Å². The van der Waals surface area contributed by atoms with E-state index in [-0.39, 0.29) is 11.9 Å². The Morgan fingerprint density at radius 3 is 2.74 bits per heavy atom. The molecule has 2 rings (SSSR count). The highest BCUT2D eigenvalue weighted by atomic mass is 19.1. The van der Waals surface area contributed by atoms with Gasteiger partial charge < -0.3 is 5.32 Å². The topological polar surface area (TPSA) is 29.9 Å². The Morgan fingerprint density at radius 1 is 1.37 bits per heavy atom. The Hall–Kier alpha value is -1.68. The predicted octanol–water partition coefficient (Wildman–Crippen LogP) is 3.38. The third-order valence-corrected chi connectivity index (χ3v) is 3.14. The van der Waals surface area contributed by atoms with Crippen LogP contribution >= 0.6 is 0 Å². The number of benzene rings is 1. The van der Waals surface area contributed by atoms with Crippen LogP contribution in [-0.2, 0) is 0 Å². The van der Waals surface area contributed by atoms with Gasteiger partial charge in [0.25, 0.3) is 0 Å². The van der Waals surface area contributed by atoms with Crippen molar-refractivity contribution in [1.82, 2.24) is 15.1 Å². The first-order valence-electron chi connectivity index (χ1n) is 6.67. The molecule has 1 unspecified atom stereocenters. The van der Waals surface area contributed by atoms with Crippen LogP contribution < -0.4 is 5.32 Å². The molecule has 3 nitrogen and oxygen atoms in total. The second kappa shape index (κ2) is 5.97. The summed E-state index contributed by atoms with van der Waals surface area (Å²) in [5.74, 6) is -0.245. The molecule has 0 spiro atoms. The number of nitrogens with one attached hydrogen (secondary N) is 1. The largest absolute Gasteiger partial charge is 0.310 e. The summed E-state index contributed by atoms with van der Waals surface area (Å²) in [5, 5.41) is 7.58. The summed E-state index contributed by atoms with van der Waals surface area (Å²) < 4.78 is 15.7. The Morgan fingerprint density at radius 2 is 2.16 bits per heavy atom. The van der Waals surface area contributed by atoms with E-state index in [1.807, 2.05) is 26.0 Å². The van der Waals surface area contributed by atoms with Gasteiger partial charge in [-0.2, -0.15) is 5.10 Å². The first-order chi connectivity index (χ1) is 9.11. The van der Waals surface area contributed by atoms with Crippen LogP contribution in [0.3, 0.4) is 0 Å². The molecular weight excluding hydrogens is 241 g/mol. The molecule has 1 atom stereocenters. The van der Waals surface area contributed by atoms with Gasteiger partial charge in [0, 0.05) is 12.2 Å². The minimum Gasteiger partial charge on any atom is -0.310 e. The van der Waals surface area contributed by atoms with E-state index in [0.29, 0.717) is 5.69 Å². The average molecular weight is 261 g/mol. The van der Waals surface area contributed by atoms with Gasteiger partial charge in [-0.15, -0.1) is 0 Å². The van der Waals surface area contributed by atoms with Crippen LogP contribution in [0.2, 0.25) is 0 Å². The molecule has 2 aromatic rings. The van der Waals surface area contributed by atoms with Gasteiger partial charge in [-0.05, 0) is 50.6 Å². The van der Waals surface area contributed by atoms with Crippen LogP contribution in [0.5, 0.6) is 0 Å². The van der Waals surface area contributed by atoms with E-state index < -0.39 is 0 Å². The molecule has 0 aliphatic carbocycles.